The Balaban J connectivity index is 1.37. The molecule has 0 spiro atoms. The van der Waals surface area contributed by atoms with E-state index in [1.807, 2.05) is 48.5 Å². The zero-order chi connectivity index (χ0) is 18.6. The average molecular weight is 362 g/mol. The maximum absolute atomic E-state index is 12.6. The van der Waals surface area contributed by atoms with Crippen molar-refractivity contribution in [2.45, 2.75) is 19.3 Å². The van der Waals surface area contributed by atoms with E-state index >= 15 is 0 Å². The molecule has 2 aromatic carbocycles. The first-order valence-corrected chi connectivity index (χ1v) is 8.78. The van der Waals surface area contributed by atoms with E-state index in [0.717, 1.165) is 11.3 Å². The van der Waals surface area contributed by atoms with Crippen LogP contribution in [0.2, 0.25) is 0 Å². The van der Waals surface area contributed by atoms with Crippen LogP contribution in [0.25, 0.3) is 11.4 Å². The van der Waals surface area contributed by atoms with Crippen LogP contribution in [0.3, 0.4) is 0 Å². The fraction of sp³-hybridized carbons (Fsp3) is 0.200. The van der Waals surface area contributed by atoms with E-state index in [1.165, 1.54) is 4.90 Å². The summed E-state index contributed by atoms with van der Waals surface area (Å²) < 4.78 is 5.27. The number of aryl methyl sites for hydroxylation is 1. The SMILES string of the molecule is O=C1CN(C(=O)CCCc2nc(-c3ccccc3)no2)c2ccccc2N1. The Kier molecular flexibility index (Phi) is 4.65. The molecule has 0 unspecified atom stereocenters. The highest BCUT2D eigenvalue weighted by Gasteiger charge is 2.26. The lowest BCUT2D eigenvalue weighted by Crippen LogP contribution is -2.42. The minimum absolute atomic E-state index is 0.0363. The summed E-state index contributed by atoms with van der Waals surface area (Å²) in [5.74, 6) is 0.753. The van der Waals surface area contributed by atoms with Crippen molar-refractivity contribution < 1.29 is 14.1 Å². The molecular formula is C20H18N4O3. The maximum atomic E-state index is 12.6. The summed E-state index contributed by atoms with van der Waals surface area (Å²) in [5.41, 5.74) is 2.28. The standard InChI is InChI=1S/C20H18N4O3/c25-17-13-24(16-10-5-4-9-15(16)21-17)19(26)12-6-11-18-22-20(23-27-18)14-7-2-1-3-8-14/h1-5,7-10H,6,11-13H2,(H,21,25). The van der Waals surface area contributed by atoms with Crippen LogP contribution in [0.4, 0.5) is 11.4 Å². The number of nitrogens with zero attached hydrogens (tertiary/aromatic N) is 3. The molecule has 0 bridgehead atoms. The number of rotatable bonds is 5. The topological polar surface area (TPSA) is 88.3 Å². The van der Waals surface area contributed by atoms with Crippen LogP contribution < -0.4 is 10.2 Å². The number of hydrogen-bond donors (Lipinski definition) is 1. The summed E-state index contributed by atoms with van der Waals surface area (Å²) in [7, 11) is 0. The molecule has 0 fully saturated rings. The molecule has 1 aliphatic rings. The number of aromatic nitrogens is 2. The van der Waals surface area contributed by atoms with E-state index in [4.69, 9.17) is 4.52 Å². The highest BCUT2D eigenvalue weighted by molar-refractivity contribution is 6.09. The molecule has 7 nitrogen and oxygen atoms in total. The van der Waals surface area contributed by atoms with E-state index in [0.29, 0.717) is 36.7 Å². The molecular weight excluding hydrogens is 344 g/mol. The van der Waals surface area contributed by atoms with Crippen LogP contribution >= 0.6 is 0 Å². The zero-order valence-corrected chi connectivity index (χ0v) is 14.6. The van der Waals surface area contributed by atoms with E-state index in [1.54, 1.807) is 6.07 Å². The third kappa shape index (κ3) is 3.72. The largest absolute Gasteiger partial charge is 0.339 e. The van der Waals surface area contributed by atoms with Gasteiger partial charge in [-0.1, -0.05) is 47.6 Å². The number of nitrogens with one attached hydrogen (secondary N) is 1. The molecule has 0 aliphatic carbocycles. The maximum Gasteiger partial charge on any atom is 0.244 e. The van der Waals surface area contributed by atoms with Crippen molar-refractivity contribution in [3.8, 4) is 11.4 Å². The Morgan fingerprint density at radius 1 is 1.11 bits per heavy atom. The fourth-order valence-electron chi connectivity index (χ4n) is 3.04. The van der Waals surface area contributed by atoms with Crippen LogP contribution in [-0.2, 0) is 16.0 Å². The first kappa shape index (κ1) is 17.0. The lowest BCUT2D eigenvalue weighted by Gasteiger charge is -2.29. The van der Waals surface area contributed by atoms with Crippen molar-refractivity contribution in [1.82, 2.24) is 10.1 Å². The predicted octanol–water partition coefficient (Wildman–Crippen LogP) is 3.04. The van der Waals surface area contributed by atoms with Gasteiger partial charge in [-0.25, -0.2) is 0 Å². The van der Waals surface area contributed by atoms with Gasteiger partial charge in [-0.3, -0.25) is 9.59 Å². The molecule has 0 radical (unpaired) electrons. The van der Waals surface area contributed by atoms with Gasteiger partial charge in [0.05, 0.1) is 11.4 Å². The van der Waals surface area contributed by atoms with Gasteiger partial charge < -0.3 is 14.7 Å². The van der Waals surface area contributed by atoms with Crippen molar-refractivity contribution in [2.24, 2.45) is 0 Å². The molecule has 0 saturated carbocycles. The summed E-state index contributed by atoms with van der Waals surface area (Å²) in [4.78, 5) is 30.3. The van der Waals surface area contributed by atoms with Gasteiger partial charge in [0.15, 0.2) is 0 Å². The van der Waals surface area contributed by atoms with Gasteiger partial charge in [0.1, 0.15) is 6.54 Å². The van der Waals surface area contributed by atoms with Crippen LogP contribution in [0.1, 0.15) is 18.7 Å². The molecule has 136 valence electrons. The lowest BCUT2D eigenvalue weighted by molar-refractivity contribution is -0.122. The van der Waals surface area contributed by atoms with Gasteiger partial charge in [-0.05, 0) is 18.6 Å². The zero-order valence-electron chi connectivity index (χ0n) is 14.6. The van der Waals surface area contributed by atoms with Crippen LogP contribution in [0, 0.1) is 0 Å². The number of hydrogen-bond acceptors (Lipinski definition) is 5. The summed E-state index contributed by atoms with van der Waals surface area (Å²) in [6.07, 6.45) is 1.37. The number of carbonyl (C=O) groups is 2. The summed E-state index contributed by atoms with van der Waals surface area (Å²) in [6.45, 7) is 0.0363. The molecule has 1 aliphatic heterocycles. The molecule has 7 heteroatoms. The number of para-hydroxylation sites is 2. The van der Waals surface area contributed by atoms with Crippen molar-refractivity contribution in [2.75, 3.05) is 16.8 Å². The van der Waals surface area contributed by atoms with E-state index in [2.05, 4.69) is 15.5 Å². The molecule has 2 amide bonds. The molecule has 2 heterocycles. The van der Waals surface area contributed by atoms with Gasteiger partial charge >= 0.3 is 0 Å². The minimum atomic E-state index is -0.188. The average Bonchev–Trinajstić information content (AvgIpc) is 3.17. The number of anilines is 2. The second-order valence-electron chi connectivity index (χ2n) is 6.28. The summed E-state index contributed by atoms with van der Waals surface area (Å²) in [5, 5.41) is 6.76. The number of carbonyl (C=O) groups excluding carboxylic acids is 2. The molecule has 0 atom stereocenters. The van der Waals surface area contributed by atoms with Crippen molar-refractivity contribution in [1.29, 1.82) is 0 Å². The molecule has 1 aromatic heterocycles. The van der Waals surface area contributed by atoms with Crippen molar-refractivity contribution in [3.05, 3.63) is 60.5 Å². The smallest absolute Gasteiger partial charge is 0.244 e. The molecule has 0 saturated heterocycles. The fourth-order valence-corrected chi connectivity index (χ4v) is 3.04. The third-order valence-electron chi connectivity index (χ3n) is 4.35. The summed E-state index contributed by atoms with van der Waals surface area (Å²) in [6, 6.07) is 16.9. The van der Waals surface area contributed by atoms with E-state index in [9.17, 15) is 9.59 Å². The predicted molar refractivity (Wildman–Crippen MR) is 100 cm³/mol. The normalized spacial score (nSPS) is 13.2. The first-order chi connectivity index (χ1) is 13.2. The van der Waals surface area contributed by atoms with E-state index in [-0.39, 0.29) is 18.4 Å². The Labute approximate surface area is 156 Å². The van der Waals surface area contributed by atoms with Crippen LogP contribution in [0.5, 0.6) is 0 Å². The van der Waals surface area contributed by atoms with Crippen LogP contribution in [0.15, 0.2) is 59.1 Å². The lowest BCUT2D eigenvalue weighted by atomic mass is 10.1. The number of fused-ring (bicyclic) bond motifs is 1. The van der Waals surface area contributed by atoms with Gasteiger partial charge in [-0.2, -0.15) is 4.98 Å². The number of benzene rings is 2. The molecule has 3 aromatic rings. The first-order valence-electron chi connectivity index (χ1n) is 8.78. The highest BCUT2D eigenvalue weighted by atomic mass is 16.5. The van der Waals surface area contributed by atoms with Gasteiger partial charge in [0, 0.05) is 18.4 Å². The minimum Gasteiger partial charge on any atom is -0.339 e. The number of amides is 2. The van der Waals surface area contributed by atoms with Gasteiger partial charge in [0.25, 0.3) is 0 Å². The van der Waals surface area contributed by atoms with Crippen LogP contribution in [-0.4, -0.2) is 28.5 Å². The molecule has 27 heavy (non-hydrogen) atoms. The van der Waals surface area contributed by atoms with Gasteiger partial charge in [0.2, 0.25) is 23.5 Å². The van der Waals surface area contributed by atoms with Gasteiger partial charge in [-0.15, -0.1) is 0 Å². The highest BCUT2D eigenvalue weighted by Crippen LogP contribution is 2.29. The Bertz CT molecular complexity index is 968. The quantitative estimate of drug-likeness (QED) is 0.754. The third-order valence-corrected chi connectivity index (χ3v) is 4.35. The van der Waals surface area contributed by atoms with E-state index < -0.39 is 0 Å². The molecule has 4 rings (SSSR count). The Morgan fingerprint density at radius 2 is 1.89 bits per heavy atom. The second kappa shape index (κ2) is 7.41. The molecule has 1 N–H and O–H groups in total. The second-order valence-corrected chi connectivity index (χ2v) is 6.28. The van der Waals surface area contributed by atoms with Crippen molar-refractivity contribution in [3.63, 3.8) is 0 Å². The Morgan fingerprint density at radius 3 is 2.74 bits per heavy atom. The summed E-state index contributed by atoms with van der Waals surface area (Å²) >= 11 is 0. The monoisotopic (exact) mass is 362 g/mol. The van der Waals surface area contributed by atoms with Crippen molar-refractivity contribution >= 4 is 23.2 Å². The Hall–Kier alpha value is -3.48.